The van der Waals surface area contributed by atoms with Gasteiger partial charge in [-0.25, -0.2) is 4.79 Å². The third kappa shape index (κ3) is 3.43. The zero-order chi connectivity index (χ0) is 13.9. The summed E-state index contributed by atoms with van der Waals surface area (Å²) in [4.78, 5) is 26.9. The number of pyridine rings is 1. The second kappa shape index (κ2) is 5.35. The van der Waals surface area contributed by atoms with Crippen LogP contribution in [0.3, 0.4) is 0 Å². The highest BCUT2D eigenvalue weighted by Crippen LogP contribution is 2.21. The van der Waals surface area contributed by atoms with Crippen LogP contribution in [0.15, 0.2) is 18.5 Å². The monoisotopic (exact) mass is 270 g/mol. The molecule has 2 N–H and O–H groups in total. The van der Waals surface area contributed by atoms with E-state index in [0.29, 0.717) is 0 Å². The fourth-order valence-corrected chi connectivity index (χ4v) is 1.59. The molecule has 6 heteroatoms. The Morgan fingerprint density at radius 1 is 1.44 bits per heavy atom. The molecule has 0 saturated carbocycles. The maximum absolute atomic E-state index is 11.9. The Morgan fingerprint density at radius 2 is 2.06 bits per heavy atom. The first-order chi connectivity index (χ1) is 8.23. The number of halogens is 1. The minimum Gasteiger partial charge on any atom is -0.480 e. The molecule has 18 heavy (non-hydrogen) atoms. The number of aliphatic carboxylic acids is 1. The van der Waals surface area contributed by atoms with E-state index in [4.69, 9.17) is 16.7 Å². The van der Waals surface area contributed by atoms with Crippen LogP contribution in [0.1, 0.15) is 31.1 Å². The maximum Gasteiger partial charge on any atom is 0.326 e. The molecule has 1 rings (SSSR count). The zero-order valence-corrected chi connectivity index (χ0v) is 11.2. The van der Waals surface area contributed by atoms with Crippen molar-refractivity contribution in [3.05, 3.63) is 29.0 Å². The molecule has 0 aliphatic heterocycles. The molecule has 0 unspecified atom stereocenters. The predicted octanol–water partition coefficient (Wildman–Crippen LogP) is 1.96. The van der Waals surface area contributed by atoms with Crippen LogP contribution in [0, 0.1) is 5.41 Å². The molecule has 98 valence electrons. The summed E-state index contributed by atoms with van der Waals surface area (Å²) in [6, 6.07) is 0.477. The standard InChI is InChI=1S/C12H15ClN2O3/c1-12(2,3)9(11(17)18)15-10(16)7-6-14-5-4-8(7)13/h4-6,9H,1-3H3,(H,15,16)(H,17,18)/t9-/m0/s1. The van der Waals surface area contributed by atoms with E-state index >= 15 is 0 Å². The molecule has 0 aliphatic rings. The molecule has 0 aromatic carbocycles. The highest BCUT2D eigenvalue weighted by Gasteiger charge is 2.33. The molecule has 0 aliphatic carbocycles. The molecule has 5 nitrogen and oxygen atoms in total. The molecule has 1 heterocycles. The fourth-order valence-electron chi connectivity index (χ4n) is 1.40. The third-order valence-corrected chi connectivity index (χ3v) is 2.73. The summed E-state index contributed by atoms with van der Waals surface area (Å²) in [5.74, 6) is -1.63. The first-order valence-electron chi connectivity index (χ1n) is 5.36. The average Bonchev–Trinajstić information content (AvgIpc) is 2.24. The Balaban J connectivity index is 2.93. The normalized spacial score (nSPS) is 12.9. The van der Waals surface area contributed by atoms with Gasteiger partial charge in [0.05, 0.1) is 10.6 Å². The summed E-state index contributed by atoms with van der Waals surface area (Å²) in [5.41, 5.74) is -0.439. The lowest BCUT2D eigenvalue weighted by Gasteiger charge is -2.27. The van der Waals surface area contributed by atoms with Gasteiger partial charge in [-0.1, -0.05) is 32.4 Å². The van der Waals surface area contributed by atoms with Gasteiger partial charge in [-0.05, 0) is 11.5 Å². The van der Waals surface area contributed by atoms with E-state index in [9.17, 15) is 9.59 Å². The molecule has 0 spiro atoms. The Kier molecular flexibility index (Phi) is 4.29. The quantitative estimate of drug-likeness (QED) is 0.880. The number of rotatable bonds is 3. The van der Waals surface area contributed by atoms with E-state index in [1.165, 1.54) is 18.5 Å². The molecule has 1 aromatic rings. The largest absolute Gasteiger partial charge is 0.480 e. The average molecular weight is 271 g/mol. The summed E-state index contributed by atoms with van der Waals surface area (Å²) in [5, 5.41) is 11.8. The topological polar surface area (TPSA) is 79.3 Å². The minimum absolute atomic E-state index is 0.162. The first kappa shape index (κ1) is 14.4. The van der Waals surface area contributed by atoms with Crippen LogP contribution in [0.25, 0.3) is 0 Å². The SMILES string of the molecule is CC(C)(C)[C@@H](NC(=O)c1cnccc1Cl)C(=O)O. The molecular weight excluding hydrogens is 256 g/mol. The van der Waals surface area contributed by atoms with E-state index in [1.807, 2.05) is 0 Å². The number of carbonyl (C=O) groups excluding carboxylic acids is 1. The Labute approximate surface area is 110 Å². The van der Waals surface area contributed by atoms with Gasteiger partial charge in [-0.2, -0.15) is 0 Å². The Bertz CT molecular complexity index is 469. The predicted molar refractivity (Wildman–Crippen MR) is 67.6 cm³/mol. The van der Waals surface area contributed by atoms with E-state index in [2.05, 4.69) is 10.3 Å². The first-order valence-corrected chi connectivity index (χ1v) is 5.74. The minimum atomic E-state index is -1.09. The van der Waals surface area contributed by atoms with Crippen LogP contribution in [0.4, 0.5) is 0 Å². The highest BCUT2D eigenvalue weighted by molar-refractivity contribution is 6.33. The van der Waals surface area contributed by atoms with Gasteiger partial charge in [0.1, 0.15) is 6.04 Å². The molecule has 1 amide bonds. The summed E-state index contributed by atoms with van der Waals surface area (Å²) in [7, 11) is 0. The lowest BCUT2D eigenvalue weighted by molar-refractivity contribution is -0.142. The van der Waals surface area contributed by atoms with Crippen LogP contribution in [0.5, 0.6) is 0 Å². The van der Waals surface area contributed by atoms with Gasteiger partial charge in [-0.3, -0.25) is 9.78 Å². The summed E-state index contributed by atoms with van der Waals surface area (Å²) >= 11 is 5.85. The summed E-state index contributed by atoms with van der Waals surface area (Å²) in [6.45, 7) is 5.20. The van der Waals surface area contributed by atoms with Crippen LogP contribution in [-0.4, -0.2) is 28.0 Å². The maximum atomic E-state index is 11.9. The smallest absolute Gasteiger partial charge is 0.326 e. The molecular formula is C12H15ClN2O3. The van der Waals surface area contributed by atoms with Gasteiger partial charge >= 0.3 is 5.97 Å². The van der Waals surface area contributed by atoms with Crippen molar-refractivity contribution in [3.63, 3.8) is 0 Å². The lowest BCUT2D eigenvalue weighted by Crippen LogP contribution is -2.49. The number of carboxylic acid groups (broad SMARTS) is 1. The number of carbonyl (C=O) groups is 2. The van der Waals surface area contributed by atoms with Crippen LogP contribution in [0.2, 0.25) is 5.02 Å². The molecule has 0 saturated heterocycles. The van der Waals surface area contributed by atoms with E-state index < -0.39 is 23.3 Å². The van der Waals surface area contributed by atoms with Crippen LogP contribution >= 0.6 is 11.6 Å². The van der Waals surface area contributed by atoms with E-state index in [1.54, 1.807) is 20.8 Å². The molecule has 0 radical (unpaired) electrons. The van der Waals surface area contributed by atoms with Gasteiger partial charge in [0.25, 0.3) is 5.91 Å². The van der Waals surface area contributed by atoms with Crippen molar-refractivity contribution in [3.8, 4) is 0 Å². The van der Waals surface area contributed by atoms with E-state index in [0.717, 1.165) is 0 Å². The Hall–Kier alpha value is -1.62. The van der Waals surface area contributed by atoms with Crippen molar-refractivity contribution in [2.24, 2.45) is 5.41 Å². The van der Waals surface area contributed by atoms with Crippen molar-refractivity contribution in [1.82, 2.24) is 10.3 Å². The molecule has 0 fully saturated rings. The second-order valence-corrected chi connectivity index (χ2v) is 5.37. The number of hydrogen-bond donors (Lipinski definition) is 2. The summed E-state index contributed by atoms with van der Waals surface area (Å²) < 4.78 is 0. The number of hydrogen-bond acceptors (Lipinski definition) is 3. The second-order valence-electron chi connectivity index (χ2n) is 4.97. The molecule has 0 bridgehead atoms. The lowest BCUT2D eigenvalue weighted by atomic mass is 9.86. The number of carboxylic acids is 1. The third-order valence-electron chi connectivity index (χ3n) is 2.40. The molecule has 1 aromatic heterocycles. The zero-order valence-electron chi connectivity index (χ0n) is 10.4. The Morgan fingerprint density at radius 3 is 2.50 bits per heavy atom. The number of nitrogens with one attached hydrogen (secondary N) is 1. The number of nitrogens with zero attached hydrogens (tertiary/aromatic N) is 1. The van der Waals surface area contributed by atoms with Crippen molar-refractivity contribution < 1.29 is 14.7 Å². The number of amides is 1. The fraction of sp³-hybridized carbons (Fsp3) is 0.417. The van der Waals surface area contributed by atoms with Gasteiger partial charge < -0.3 is 10.4 Å². The van der Waals surface area contributed by atoms with Gasteiger partial charge in [-0.15, -0.1) is 0 Å². The van der Waals surface area contributed by atoms with Crippen molar-refractivity contribution in [2.45, 2.75) is 26.8 Å². The number of aromatic nitrogens is 1. The van der Waals surface area contributed by atoms with Gasteiger partial charge in [0.2, 0.25) is 0 Å². The summed E-state index contributed by atoms with van der Waals surface area (Å²) in [6.07, 6.45) is 2.76. The van der Waals surface area contributed by atoms with Gasteiger partial charge in [0, 0.05) is 12.4 Å². The highest BCUT2D eigenvalue weighted by atomic mass is 35.5. The van der Waals surface area contributed by atoms with Crippen LogP contribution in [-0.2, 0) is 4.79 Å². The van der Waals surface area contributed by atoms with Crippen molar-refractivity contribution in [1.29, 1.82) is 0 Å². The van der Waals surface area contributed by atoms with Crippen molar-refractivity contribution >= 4 is 23.5 Å². The molecule has 1 atom stereocenters. The van der Waals surface area contributed by atoms with E-state index in [-0.39, 0.29) is 10.6 Å². The van der Waals surface area contributed by atoms with Gasteiger partial charge in [0.15, 0.2) is 0 Å². The van der Waals surface area contributed by atoms with Crippen molar-refractivity contribution in [2.75, 3.05) is 0 Å². The van der Waals surface area contributed by atoms with Crippen LogP contribution < -0.4 is 5.32 Å².